The summed E-state index contributed by atoms with van der Waals surface area (Å²) in [4.78, 5) is 33.1. The molecule has 0 aliphatic carbocycles. The van der Waals surface area contributed by atoms with Gasteiger partial charge in [-0.2, -0.15) is 0 Å². The van der Waals surface area contributed by atoms with E-state index in [1.807, 2.05) is 6.92 Å². The average Bonchev–Trinajstić information content (AvgIpc) is 2.98. The number of rotatable bonds is 6. The van der Waals surface area contributed by atoms with Gasteiger partial charge in [0.2, 0.25) is 0 Å². The maximum Gasteiger partial charge on any atom is 0.300 e. The zero-order valence-corrected chi connectivity index (χ0v) is 11.3. The van der Waals surface area contributed by atoms with E-state index in [1.165, 1.54) is 6.07 Å². The van der Waals surface area contributed by atoms with Crippen LogP contribution in [0.15, 0.2) is 24.7 Å². The molecule has 21 heavy (non-hydrogen) atoms. The van der Waals surface area contributed by atoms with E-state index >= 15 is 0 Å². The number of aromatic nitrogens is 3. The summed E-state index contributed by atoms with van der Waals surface area (Å²) in [6, 6.07) is 1.36. The predicted molar refractivity (Wildman–Crippen MR) is 74.8 cm³/mol. The summed E-state index contributed by atoms with van der Waals surface area (Å²) in [6.07, 6.45) is 4.25. The third kappa shape index (κ3) is 3.53. The highest BCUT2D eigenvalue weighted by Gasteiger charge is 2.21. The molecule has 0 aromatic carbocycles. The van der Waals surface area contributed by atoms with Gasteiger partial charge in [0.15, 0.2) is 0 Å². The fourth-order valence-corrected chi connectivity index (χ4v) is 1.71. The Morgan fingerprint density at radius 3 is 2.90 bits per heavy atom. The van der Waals surface area contributed by atoms with Gasteiger partial charge in [-0.15, -0.1) is 0 Å². The van der Waals surface area contributed by atoms with E-state index in [1.54, 1.807) is 12.4 Å². The molecule has 0 bridgehead atoms. The number of carbonyl (C=O) groups excluding carboxylic acids is 1. The number of hydrogen-bond donors (Lipinski definition) is 3. The molecule has 2 aromatic rings. The molecular weight excluding hydrogens is 276 g/mol. The van der Waals surface area contributed by atoms with Gasteiger partial charge >= 0.3 is 0 Å². The number of nitro groups is 1. The molecule has 0 saturated heterocycles. The summed E-state index contributed by atoms with van der Waals surface area (Å²) < 4.78 is 0. The zero-order chi connectivity index (χ0) is 15.2. The molecular formula is C12H14N6O3. The normalized spacial score (nSPS) is 10.1. The molecule has 9 nitrogen and oxygen atoms in total. The lowest BCUT2D eigenvalue weighted by Crippen LogP contribution is -2.24. The first-order valence-electron chi connectivity index (χ1n) is 6.26. The highest BCUT2D eigenvalue weighted by atomic mass is 16.6. The van der Waals surface area contributed by atoms with Crippen molar-refractivity contribution in [1.82, 2.24) is 20.3 Å². The van der Waals surface area contributed by atoms with Crippen LogP contribution in [0.4, 0.5) is 11.5 Å². The molecule has 9 heteroatoms. The van der Waals surface area contributed by atoms with Crippen LogP contribution in [0.1, 0.15) is 23.1 Å². The van der Waals surface area contributed by atoms with Crippen molar-refractivity contribution in [2.24, 2.45) is 0 Å². The van der Waals surface area contributed by atoms with Crippen LogP contribution in [0.3, 0.4) is 0 Å². The van der Waals surface area contributed by atoms with Crippen molar-refractivity contribution in [2.75, 3.05) is 11.9 Å². The molecule has 2 rings (SSSR count). The first-order chi connectivity index (χ1) is 10.1. The van der Waals surface area contributed by atoms with Crippen molar-refractivity contribution in [3.8, 4) is 0 Å². The smallest absolute Gasteiger partial charge is 0.300 e. The second-order valence-corrected chi connectivity index (χ2v) is 4.09. The lowest BCUT2D eigenvalue weighted by Gasteiger charge is -2.07. The molecule has 2 heterocycles. The van der Waals surface area contributed by atoms with Gasteiger partial charge in [-0.1, -0.05) is 0 Å². The number of nitrogens with one attached hydrogen (secondary N) is 3. The summed E-state index contributed by atoms with van der Waals surface area (Å²) in [6.45, 7) is 2.61. The SMILES string of the molecule is CCNc1cc(C(=O)NCc2ncc[nH]2)c([N+](=O)[O-])cn1. The van der Waals surface area contributed by atoms with E-state index in [0.29, 0.717) is 18.2 Å². The number of amides is 1. The minimum atomic E-state index is -0.634. The van der Waals surface area contributed by atoms with Crippen LogP contribution in [-0.2, 0) is 6.54 Å². The van der Waals surface area contributed by atoms with E-state index in [0.717, 1.165) is 6.20 Å². The average molecular weight is 290 g/mol. The van der Waals surface area contributed by atoms with E-state index in [9.17, 15) is 14.9 Å². The molecule has 0 spiro atoms. The summed E-state index contributed by atoms with van der Waals surface area (Å²) >= 11 is 0. The molecule has 3 N–H and O–H groups in total. The Kier molecular flexibility index (Phi) is 4.44. The fraction of sp³-hybridized carbons (Fsp3) is 0.250. The molecule has 0 radical (unpaired) electrons. The zero-order valence-electron chi connectivity index (χ0n) is 11.3. The Hall–Kier alpha value is -2.97. The molecule has 110 valence electrons. The third-order valence-electron chi connectivity index (χ3n) is 2.65. The highest BCUT2D eigenvalue weighted by molar-refractivity contribution is 5.98. The molecule has 2 aromatic heterocycles. The number of pyridine rings is 1. The van der Waals surface area contributed by atoms with Crippen molar-refractivity contribution in [3.63, 3.8) is 0 Å². The molecule has 0 aliphatic heterocycles. The van der Waals surface area contributed by atoms with Crippen molar-refractivity contribution in [1.29, 1.82) is 0 Å². The van der Waals surface area contributed by atoms with Gasteiger partial charge in [0.05, 0.1) is 11.5 Å². The topological polar surface area (TPSA) is 126 Å². The number of imidazole rings is 1. The van der Waals surface area contributed by atoms with Crippen molar-refractivity contribution in [3.05, 3.63) is 46.2 Å². The number of carbonyl (C=O) groups is 1. The predicted octanol–water partition coefficient (Wildman–Crippen LogP) is 1.07. The number of hydrogen-bond acceptors (Lipinski definition) is 6. The Balaban J connectivity index is 2.20. The van der Waals surface area contributed by atoms with E-state index < -0.39 is 10.8 Å². The first kappa shape index (κ1) is 14.4. The lowest BCUT2D eigenvalue weighted by molar-refractivity contribution is -0.385. The standard InChI is InChI=1S/C12H14N6O3/c1-2-13-10-5-8(9(6-16-10)18(20)21)12(19)17-7-11-14-3-4-15-11/h3-6H,2,7H2,1H3,(H,13,16)(H,14,15)(H,17,19). The van der Waals surface area contributed by atoms with Crippen LogP contribution in [0, 0.1) is 10.1 Å². The second kappa shape index (κ2) is 6.46. The van der Waals surface area contributed by atoms with Crippen LogP contribution in [0.5, 0.6) is 0 Å². The minimum Gasteiger partial charge on any atom is -0.370 e. The van der Waals surface area contributed by atoms with Crippen LogP contribution in [-0.4, -0.2) is 32.3 Å². The minimum absolute atomic E-state index is 0.0440. The monoisotopic (exact) mass is 290 g/mol. The number of anilines is 1. The van der Waals surface area contributed by atoms with Crippen LogP contribution >= 0.6 is 0 Å². The van der Waals surface area contributed by atoms with E-state index in [4.69, 9.17) is 0 Å². The van der Waals surface area contributed by atoms with E-state index in [-0.39, 0.29) is 17.8 Å². The van der Waals surface area contributed by atoms with Gasteiger partial charge in [0, 0.05) is 25.0 Å². The summed E-state index contributed by atoms with van der Waals surface area (Å²) in [5.41, 5.74) is -0.383. The highest BCUT2D eigenvalue weighted by Crippen LogP contribution is 2.20. The molecule has 0 atom stereocenters. The summed E-state index contributed by atoms with van der Waals surface area (Å²) in [5, 5.41) is 16.5. The molecule has 1 amide bonds. The molecule has 0 unspecified atom stereocenters. The Morgan fingerprint density at radius 2 is 2.29 bits per heavy atom. The third-order valence-corrected chi connectivity index (χ3v) is 2.65. The Morgan fingerprint density at radius 1 is 1.48 bits per heavy atom. The van der Waals surface area contributed by atoms with Gasteiger partial charge in [0.25, 0.3) is 11.6 Å². The van der Waals surface area contributed by atoms with E-state index in [2.05, 4.69) is 25.6 Å². The molecule has 0 saturated carbocycles. The second-order valence-electron chi connectivity index (χ2n) is 4.09. The number of aromatic amines is 1. The van der Waals surface area contributed by atoms with Gasteiger partial charge in [-0.05, 0) is 6.92 Å². The van der Waals surface area contributed by atoms with Gasteiger partial charge in [-0.3, -0.25) is 14.9 Å². The van der Waals surface area contributed by atoms with Gasteiger partial charge < -0.3 is 15.6 Å². The Labute approximate surface area is 120 Å². The number of H-pyrrole nitrogens is 1. The largest absolute Gasteiger partial charge is 0.370 e. The lowest BCUT2D eigenvalue weighted by atomic mass is 10.2. The van der Waals surface area contributed by atoms with Crippen LogP contribution < -0.4 is 10.6 Å². The molecule has 0 fully saturated rings. The maximum absolute atomic E-state index is 12.1. The van der Waals surface area contributed by atoms with Crippen molar-refractivity contribution >= 4 is 17.4 Å². The molecule has 0 aliphatic rings. The Bertz CT molecular complexity index is 640. The van der Waals surface area contributed by atoms with Crippen LogP contribution in [0.25, 0.3) is 0 Å². The fourth-order valence-electron chi connectivity index (χ4n) is 1.71. The van der Waals surface area contributed by atoms with Crippen molar-refractivity contribution < 1.29 is 9.72 Å². The van der Waals surface area contributed by atoms with Gasteiger partial charge in [-0.25, -0.2) is 9.97 Å². The van der Waals surface area contributed by atoms with Crippen LogP contribution in [0.2, 0.25) is 0 Å². The summed E-state index contributed by atoms with van der Waals surface area (Å²) in [5.74, 6) is 0.415. The summed E-state index contributed by atoms with van der Waals surface area (Å²) in [7, 11) is 0. The van der Waals surface area contributed by atoms with Gasteiger partial charge in [0.1, 0.15) is 23.4 Å². The van der Waals surface area contributed by atoms with Crippen molar-refractivity contribution in [2.45, 2.75) is 13.5 Å². The number of nitrogens with zero attached hydrogens (tertiary/aromatic N) is 3. The quantitative estimate of drug-likeness (QED) is 0.539. The maximum atomic E-state index is 12.1. The first-order valence-corrected chi connectivity index (χ1v) is 6.26.